The summed E-state index contributed by atoms with van der Waals surface area (Å²) in [5.74, 6) is 0.317. The summed E-state index contributed by atoms with van der Waals surface area (Å²) in [5.41, 5.74) is 0.0829. The molecule has 0 radical (unpaired) electrons. The Labute approximate surface area is 105 Å². The molecule has 1 amide bonds. The number of nitrogens with zero attached hydrogens (tertiary/aromatic N) is 1. The molecule has 0 bridgehead atoms. The maximum absolute atomic E-state index is 12.3. The molecule has 2 rings (SSSR count). The highest BCUT2D eigenvalue weighted by molar-refractivity contribution is 5.77. The van der Waals surface area contributed by atoms with Gasteiger partial charge in [0.05, 0.1) is 18.8 Å². The fourth-order valence-corrected chi connectivity index (χ4v) is 2.96. The summed E-state index contributed by atoms with van der Waals surface area (Å²) in [4.78, 5) is 14.4. The molecule has 0 spiro atoms. The number of ether oxygens (including phenoxy) is 1. The van der Waals surface area contributed by atoms with E-state index in [2.05, 4.69) is 25.7 Å². The molecule has 3 heteroatoms. The first-order valence-electron chi connectivity index (χ1n) is 6.88. The van der Waals surface area contributed by atoms with E-state index in [4.69, 9.17) is 4.74 Å². The van der Waals surface area contributed by atoms with Crippen molar-refractivity contribution in [3.05, 3.63) is 0 Å². The highest BCUT2D eigenvalue weighted by atomic mass is 16.5. The summed E-state index contributed by atoms with van der Waals surface area (Å²) in [6.45, 7) is 7.89. The summed E-state index contributed by atoms with van der Waals surface area (Å²) in [6.07, 6.45) is 5.70. The lowest BCUT2D eigenvalue weighted by Crippen LogP contribution is -2.55. The lowest BCUT2D eigenvalue weighted by atomic mass is 9.87. The average molecular weight is 239 g/mol. The molecule has 17 heavy (non-hydrogen) atoms. The molecule has 1 aliphatic heterocycles. The molecule has 98 valence electrons. The van der Waals surface area contributed by atoms with E-state index in [1.165, 1.54) is 12.8 Å². The topological polar surface area (TPSA) is 29.5 Å². The molecule has 1 saturated carbocycles. The summed E-state index contributed by atoms with van der Waals surface area (Å²) >= 11 is 0. The van der Waals surface area contributed by atoms with E-state index in [9.17, 15) is 4.79 Å². The van der Waals surface area contributed by atoms with Crippen LogP contribution in [-0.4, -0.2) is 36.1 Å². The Hall–Kier alpha value is -0.570. The monoisotopic (exact) mass is 239 g/mol. The molecule has 1 heterocycles. The molecule has 3 nitrogen and oxygen atoms in total. The zero-order valence-corrected chi connectivity index (χ0v) is 11.4. The Morgan fingerprint density at radius 3 is 2.71 bits per heavy atom. The van der Waals surface area contributed by atoms with Gasteiger partial charge in [-0.2, -0.15) is 0 Å². The summed E-state index contributed by atoms with van der Waals surface area (Å²) in [6, 6.07) is 0.354. The normalized spacial score (nSPS) is 29.9. The summed E-state index contributed by atoms with van der Waals surface area (Å²) < 4.78 is 5.80. The second-order valence-electron chi connectivity index (χ2n) is 6.59. The van der Waals surface area contributed by atoms with Gasteiger partial charge in [-0.25, -0.2) is 0 Å². The van der Waals surface area contributed by atoms with E-state index in [-0.39, 0.29) is 5.41 Å². The van der Waals surface area contributed by atoms with Gasteiger partial charge in [0.2, 0.25) is 5.91 Å². The lowest BCUT2D eigenvalue weighted by Gasteiger charge is -2.44. The van der Waals surface area contributed by atoms with Crippen LogP contribution in [0.1, 0.15) is 52.9 Å². The predicted octanol–water partition coefficient (Wildman–Crippen LogP) is 2.59. The van der Waals surface area contributed by atoms with Crippen LogP contribution in [0.25, 0.3) is 0 Å². The minimum absolute atomic E-state index is 0.0829. The maximum Gasteiger partial charge on any atom is 0.223 e. The van der Waals surface area contributed by atoms with E-state index in [0.29, 0.717) is 24.5 Å². The first-order chi connectivity index (χ1) is 7.97. The molecule has 0 aromatic carbocycles. The summed E-state index contributed by atoms with van der Waals surface area (Å²) in [5, 5.41) is 0. The highest BCUT2D eigenvalue weighted by Crippen LogP contribution is 2.30. The lowest BCUT2D eigenvalue weighted by molar-refractivity contribution is -0.151. The molecule has 0 aromatic heterocycles. The third-order valence-corrected chi connectivity index (χ3v) is 3.73. The number of morpholine rings is 1. The van der Waals surface area contributed by atoms with Gasteiger partial charge in [0.1, 0.15) is 0 Å². The summed E-state index contributed by atoms with van der Waals surface area (Å²) in [7, 11) is 0. The van der Waals surface area contributed by atoms with Gasteiger partial charge in [0, 0.05) is 13.0 Å². The fraction of sp³-hybridized carbons (Fsp3) is 0.929. The molecule has 0 aromatic rings. The number of hydrogen-bond donors (Lipinski definition) is 0. The minimum atomic E-state index is 0.0829. The molecule has 1 saturated heterocycles. The van der Waals surface area contributed by atoms with Gasteiger partial charge in [0.25, 0.3) is 0 Å². The van der Waals surface area contributed by atoms with E-state index in [1.54, 1.807) is 0 Å². The van der Waals surface area contributed by atoms with Crippen LogP contribution < -0.4 is 0 Å². The van der Waals surface area contributed by atoms with Crippen molar-refractivity contribution in [2.45, 2.75) is 65.0 Å². The number of carbonyl (C=O) groups is 1. The molecule has 2 atom stereocenters. The Morgan fingerprint density at radius 2 is 2.00 bits per heavy atom. The van der Waals surface area contributed by atoms with Crippen molar-refractivity contribution >= 4 is 5.91 Å². The molecule has 0 N–H and O–H groups in total. The fourth-order valence-electron chi connectivity index (χ4n) is 2.96. The van der Waals surface area contributed by atoms with E-state index >= 15 is 0 Å². The van der Waals surface area contributed by atoms with Crippen LogP contribution in [0.5, 0.6) is 0 Å². The quantitative estimate of drug-likeness (QED) is 0.704. The van der Waals surface area contributed by atoms with Gasteiger partial charge in [-0.05, 0) is 18.3 Å². The minimum Gasteiger partial charge on any atom is -0.374 e. The van der Waals surface area contributed by atoms with Crippen molar-refractivity contribution in [3.8, 4) is 0 Å². The Kier molecular flexibility index (Phi) is 3.76. The number of carbonyl (C=O) groups excluding carboxylic acids is 1. The second kappa shape index (κ2) is 4.97. The van der Waals surface area contributed by atoms with Crippen molar-refractivity contribution in [1.29, 1.82) is 0 Å². The van der Waals surface area contributed by atoms with Crippen LogP contribution in [0, 0.1) is 5.41 Å². The van der Waals surface area contributed by atoms with E-state index in [0.717, 1.165) is 26.0 Å². The first-order valence-corrected chi connectivity index (χ1v) is 6.88. The van der Waals surface area contributed by atoms with Gasteiger partial charge < -0.3 is 9.64 Å². The number of fused-ring (bicyclic) bond motifs is 1. The van der Waals surface area contributed by atoms with Crippen molar-refractivity contribution in [2.24, 2.45) is 5.41 Å². The highest BCUT2D eigenvalue weighted by Gasteiger charge is 2.37. The Morgan fingerprint density at radius 1 is 1.29 bits per heavy atom. The molecular formula is C14H25NO2. The van der Waals surface area contributed by atoms with Crippen LogP contribution in [0.2, 0.25) is 0 Å². The third-order valence-electron chi connectivity index (χ3n) is 3.73. The zero-order valence-electron chi connectivity index (χ0n) is 11.4. The molecule has 1 aliphatic carbocycles. The van der Waals surface area contributed by atoms with Gasteiger partial charge in [0.15, 0.2) is 0 Å². The smallest absolute Gasteiger partial charge is 0.223 e. The molecule has 2 unspecified atom stereocenters. The van der Waals surface area contributed by atoms with Gasteiger partial charge >= 0.3 is 0 Å². The number of hydrogen-bond acceptors (Lipinski definition) is 2. The van der Waals surface area contributed by atoms with Crippen LogP contribution in [-0.2, 0) is 9.53 Å². The molecular weight excluding hydrogens is 214 g/mol. The van der Waals surface area contributed by atoms with Crippen molar-refractivity contribution < 1.29 is 9.53 Å². The SMILES string of the molecule is CC(C)(C)CC(=O)N1CCOC2CCCCC21. The van der Waals surface area contributed by atoms with Crippen LogP contribution in [0.15, 0.2) is 0 Å². The first kappa shape index (κ1) is 12.9. The largest absolute Gasteiger partial charge is 0.374 e. The maximum atomic E-state index is 12.3. The number of rotatable bonds is 1. The van der Waals surface area contributed by atoms with Crippen LogP contribution >= 0.6 is 0 Å². The Balaban J connectivity index is 2.01. The van der Waals surface area contributed by atoms with Crippen molar-refractivity contribution in [2.75, 3.05) is 13.2 Å². The average Bonchev–Trinajstić information content (AvgIpc) is 2.26. The zero-order chi connectivity index (χ0) is 12.5. The van der Waals surface area contributed by atoms with Gasteiger partial charge in [-0.3, -0.25) is 4.79 Å². The third kappa shape index (κ3) is 3.21. The van der Waals surface area contributed by atoms with Crippen LogP contribution in [0.4, 0.5) is 0 Å². The Bertz CT molecular complexity index is 280. The predicted molar refractivity (Wildman–Crippen MR) is 67.8 cm³/mol. The van der Waals surface area contributed by atoms with Crippen LogP contribution in [0.3, 0.4) is 0 Å². The van der Waals surface area contributed by atoms with Gasteiger partial charge in [-0.1, -0.05) is 33.6 Å². The van der Waals surface area contributed by atoms with Crippen molar-refractivity contribution in [1.82, 2.24) is 4.90 Å². The standard InChI is InChI=1S/C14H25NO2/c1-14(2,3)10-13(16)15-8-9-17-12-7-5-4-6-11(12)15/h11-12H,4-10H2,1-3H3. The molecule has 2 fully saturated rings. The van der Waals surface area contributed by atoms with E-state index < -0.39 is 0 Å². The van der Waals surface area contributed by atoms with E-state index in [1.807, 2.05) is 0 Å². The second-order valence-corrected chi connectivity index (χ2v) is 6.59. The van der Waals surface area contributed by atoms with Crippen molar-refractivity contribution in [3.63, 3.8) is 0 Å². The van der Waals surface area contributed by atoms with Gasteiger partial charge in [-0.15, -0.1) is 0 Å². The molecule has 2 aliphatic rings. The number of amides is 1.